The van der Waals surface area contributed by atoms with E-state index in [9.17, 15) is 9.59 Å². The number of carbonyl (C=O) groups excluding carboxylic acids is 2. The molecule has 37 heavy (non-hydrogen) atoms. The van der Waals surface area contributed by atoms with E-state index in [1.54, 1.807) is 7.11 Å². The number of fused-ring (bicyclic) bond motifs is 1. The molecule has 0 radical (unpaired) electrons. The van der Waals surface area contributed by atoms with Gasteiger partial charge >= 0.3 is 0 Å². The average Bonchev–Trinajstić information content (AvgIpc) is 3.18. The number of carbonyl (C=O) groups is 2. The molecule has 7 nitrogen and oxygen atoms in total. The van der Waals surface area contributed by atoms with Crippen molar-refractivity contribution in [3.8, 4) is 0 Å². The van der Waals surface area contributed by atoms with Gasteiger partial charge in [-0.15, -0.1) is 0 Å². The van der Waals surface area contributed by atoms with Crippen LogP contribution in [0.3, 0.4) is 0 Å². The van der Waals surface area contributed by atoms with Gasteiger partial charge in [0.05, 0.1) is 12.5 Å². The molecular weight excluding hydrogens is 511 g/mol. The lowest BCUT2D eigenvalue weighted by molar-refractivity contribution is -0.142. The van der Waals surface area contributed by atoms with Gasteiger partial charge in [0, 0.05) is 74.1 Å². The van der Waals surface area contributed by atoms with Gasteiger partial charge in [-0.2, -0.15) is 0 Å². The third-order valence-corrected chi connectivity index (χ3v) is 8.48. The van der Waals surface area contributed by atoms with E-state index in [1.165, 1.54) is 0 Å². The number of piperidine rings is 1. The number of methoxy groups -OCH3 is 1. The summed E-state index contributed by atoms with van der Waals surface area (Å²) < 4.78 is 5.20. The number of nitrogens with one attached hydrogen (secondary N) is 1. The van der Waals surface area contributed by atoms with E-state index >= 15 is 0 Å². The predicted molar refractivity (Wildman–Crippen MR) is 146 cm³/mol. The summed E-state index contributed by atoms with van der Waals surface area (Å²) in [7, 11) is 1.71. The van der Waals surface area contributed by atoms with Crippen LogP contribution >= 0.6 is 23.2 Å². The number of likely N-dealkylation sites (tertiary alicyclic amines) is 1. The van der Waals surface area contributed by atoms with Gasteiger partial charge in [-0.3, -0.25) is 19.4 Å². The molecule has 2 atom stereocenters. The third kappa shape index (κ3) is 5.38. The molecule has 0 aromatic heterocycles. The molecule has 0 bridgehead atoms. The maximum Gasteiger partial charge on any atom is 0.249 e. The van der Waals surface area contributed by atoms with Gasteiger partial charge in [-0.25, -0.2) is 0 Å². The fraction of sp³-hybridized carbons (Fsp3) is 0.500. The highest BCUT2D eigenvalue weighted by atomic mass is 35.5. The molecule has 9 heteroatoms. The van der Waals surface area contributed by atoms with Crippen molar-refractivity contribution in [3.63, 3.8) is 0 Å². The van der Waals surface area contributed by atoms with Crippen LogP contribution in [0.1, 0.15) is 24.0 Å². The Bertz CT molecular complexity index is 1150. The number of anilines is 1. The largest absolute Gasteiger partial charge is 0.383 e. The van der Waals surface area contributed by atoms with Crippen LogP contribution in [-0.4, -0.2) is 86.0 Å². The summed E-state index contributed by atoms with van der Waals surface area (Å²) in [6, 6.07) is 13.3. The smallest absolute Gasteiger partial charge is 0.249 e. The Kier molecular flexibility index (Phi) is 8.07. The number of piperazine rings is 1. The van der Waals surface area contributed by atoms with Crippen LogP contribution in [-0.2, 0) is 26.3 Å². The van der Waals surface area contributed by atoms with E-state index in [4.69, 9.17) is 27.9 Å². The monoisotopic (exact) mass is 544 g/mol. The van der Waals surface area contributed by atoms with Gasteiger partial charge < -0.3 is 15.0 Å². The molecule has 2 aromatic rings. The van der Waals surface area contributed by atoms with E-state index in [-0.39, 0.29) is 17.7 Å². The Morgan fingerprint density at radius 3 is 2.62 bits per heavy atom. The number of nitrogens with zero attached hydrogens (tertiary/aromatic N) is 3. The standard InChI is InChI=1S/C28H34Cl2N4O3/c1-37-15-14-32-10-12-33(13-11-32)26(35)21-5-3-9-34(19-21)28(18-20-4-2-6-22(29)16-20)24-8-7-23(30)17-25(24)31-27(28)36/h2,4,6-8,16-17,21H,3,5,9-15,18-19H2,1H3,(H,31,36). The minimum atomic E-state index is -0.928. The second-order valence-electron chi connectivity index (χ2n) is 10.3. The summed E-state index contributed by atoms with van der Waals surface area (Å²) in [6.45, 7) is 6.06. The molecule has 2 unspecified atom stereocenters. The van der Waals surface area contributed by atoms with E-state index in [0.29, 0.717) is 29.6 Å². The van der Waals surface area contributed by atoms with Crippen molar-refractivity contribution in [2.24, 2.45) is 5.92 Å². The minimum Gasteiger partial charge on any atom is -0.383 e. The summed E-state index contributed by atoms with van der Waals surface area (Å²) >= 11 is 12.6. The maximum atomic E-state index is 13.8. The number of hydrogen-bond donors (Lipinski definition) is 1. The summed E-state index contributed by atoms with van der Waals surface area (Å²) in [5, 5.41) is 4.30. The Morgan fingerprint density at radius 2 is 1.86 bits per heavy atom. The number of rotatable bonds is 7. The van der Waals surface area contributed by atoms with Crippen LogP contribution in [0, 0.1) is 5.92 Å². The maximum absolute atomic E-state index is 13.8. The van der Waals surface area contributed by atoms with Crippen LogP contribution in [0.5, 0.6) is 0 Å². The Labute approximate surface area is 228 Å². The summed E-state index contributed by atoms with van der Waals surface area (Å²) in [4.78, 5) is 34.0. The molecule has 3 aliphatic heterocycles. The van der Waals surface area contributed by atoms with Gasteiger partial charge in [0.2, 0.25) is 11.8 Å². The van der Waals surface area contributed by atoms with Crippen molar-refractivity contribution in [1.29, 1.82) is 0 Å². The molecular formula is C28H34Cl2N4O3. The van der Waals surface area contributed by atoms with Gasteiger partial charge in [-0.1, -0.05) is 41.4 Å². The van der Waals surface area contributed by atoms with Crippen molar-refractivity contribution < 1.29 is 14.3 Å². The zero-order valence-corrected chi connectivity index (χ0v) is 22.7. The fourth-order valence-corrected chi connectivity index (χ4v) is 6.45. The number of hydrogen-bond acceptors (Lipinski definition) is 5. The van der Waals surface area contributed by atoms with Gasteiger partial charge in [0.25, 0.3) is 0 Å². The summed E-state index contributed by atoms with van der Waals surface area (Å²) in [6.07, 6.45) is 2.16. The zero-order valence-electron chi connectivity index (χ0n) is 21.2. The minimum absolute atomic E-state index is 0.0791. The highest BCUT2D eigenvalue weighted by Crippen LogP contribution is 2.45. The second-order valence-corrected chi connectivity index (χ2v) is 11.1. The molecule has 0 spiro atoms. The number of amides is 2. The lowest BCUT2D eigenvalue weighted by Crippen LogP contribution is -2.58. The Morgan fingerprint density at radius 1 is 1.08 bits per heavy atom. The molecule has 2 aromatic carbocycles. The first-order valence-electron chi connectivity index (χ1n) is 13.0. The van der Waals surface area contributed by atoms with Gasteiger partial charge in [0.1, 0.15) is 5.54 Å². The van der Waals surface area contributed by atoms with Crippen molar-refractivity contribution in [1.82, 2.24) is 14.7 Å². The number of benzene rings is 2. The first-order chi connectivity index (χ1) is 17.9. The van der Waals surface area contributed by atoms with Crippen LogP contribution < -0.4 is 5.32 Å². The van der Waals surface area contributed by atoms with Crippen molar-refractivity contribution >= 4 is 40.7 Å². The summed E-state index contributed by atoms with van der Waals surface area (Å²) in [5.74, 6) is -0.0204. The zero-order chi connectivity index (χ0) is 26.0. The Hall–Kier alpha value is -2.16. The number of ether oxygens (including phenoxy) is 1. The quantitative estimate of drug-likeness (QED) is 0.572. The van der Waals surface area contributed by atoms with Crippen LogP contribution in [0.25, 0.3) is 0 Å². The van der Waals surface area contributed by atoms with E-state index in [2.05, 4.69) is 15.1 Å². The lowest BCUT2D eigenvalue weighted by atomic mass is 9.80. The van der Waals surface area contributed by atoms with Crippen molar-refractivity contribution in [3.05, 3.63) is 63.6 Å². The lowest BCUT2D eigenvalue weighted by Gasteiger charge is -2.45. The average molecular weight is 546 g/mol. The first-order valence-corrected chi connectivity index (χ1v) is 13.8. The van der Waals surface area contributed by atoms with Crippen LogP contribution in [0.15, 0.2) is 42.5 Å². The van der Waals surface area contributed by atoms with Crippen LogP contribution in [0.4, 0.5) is 5.69 Å². The molecule has 198 valence electrons. The third-order valence-electron chi connectivity index (χ3n) is 8.01. The predicted octanol–water partition coefficient (Wildman–Crippen LogP) is 3.89. The second kappa shape index (κ2) is 11.3. The highest BCUT2D eigenvalue weighted by molar-refractivity contribution is 6.31. The molecule has 5 rings (SSSR count). The van der Waals surface area contributed by atoms with E-state index in [0.717, 1.165) is 68.9 Å². The van der Waals surface area contributed by atoms with Gasteiger partial charge in [0.15, 0.2) is 0 Å². The molecule has 0 aliphatic carbocycles. The van der Waals surface area contributed by atoms with Crippen molar-refractivity contribution in [2.75, 3.05) is 64.8 Å². The normalized spacial score (nSPS) is 24.7. The molecule has 2 fully saturated rings. The molecule has 3 heterocycles. The number of halogens is 2. The molecule has 1 N–H and O–H groups in total. The first kappa shape index (κ1) is 26.4. The topological polar surface area (TPSA) is 65.1 Å². The SMILES string of the molecule is COCCN1CCN(C(=O)C2CCCN(C3(Cc4cccc(Cl)c4)C(=O)Nc4cc(Cl)ccc43)C2)CC1. The van der Waals surface area contributed by atoms with Crippen LogP contribution in [0.2, 0.25) is 10.0 Å². The molecule has 2 amide bonds. The Balaban J connectivity index is 1.39. The summed E-state index contributed by atoms with van der Waals surface area (Å²) in [5.41, 5.74) is 1.69. The molecule has 0 saturated carbocycles. The van der Waals surface area contributed by atoms with E-state index in [1.807, 2.05) is 47.4 Å². The van der Waals surface area contributed by atoms with Crippen molar-refractivity contribution in [2.45, 2.75) is 24.8 Å². The molecule has 3 aliphatic rings. The van der Waals surface area contributed by atoms with Gasteiger partial charge in [-0.05, 0) is 49.2 Å². The fourth-order valence-electron chi connectivity index (χ4n) is 6.07. The van der Waals surface area contributed by atoms with E-state index < -0.39 is 5.54 Å². The highest BCUT2D eigenvalue weighted by Gasteiger charge is 2.52. The molecule has 2 saturated heterocycles.